The lowest BCUT2D eigenvalue weighted by atomic mass is 9.49. The van der Waals surface area contributed by atoms with Crippen molar-refractivity contribution in [3.63, 3.8) is 0 Å². The standard InChI is InChI=1S/C17H21ClN2O/c1-10-2-14(9-19-15(10)18)20-16(21)17-6-11-3-12(7-17)5-13(4-11)8-17/h2,9,11-13H,3-8H2,1H3,(H,20,21). The summed E-state index contributed by atoms with van der Waals surface area (Å²) in [4.78, 5) is 17.0. The molecule has 0 radical (unpaired) electrons. The molecule has 4 heteroatoms. The third-order valence-electron chi connectivity index (χ3n) is 5.79. The highest BCUT2D eigenvalue weighted by Crippen LogP contribution is 2.60. The van der Waals surface area contributed by atoms with E-state index in [1.165, 1.54) is 19.3 Å². The summed E-state index contributed by atoms with van der Waals surface area (Å²) in [5.74, 6) is 2.57. The Balaban J connectivity index is 1.56. The highest BCUT2D eigenvalue weighted by Gasteiger charge is 2.54. The summed E-state index contributed by atoms with van der Waals surface area (Å²) in [5.41, 5.74) is 1.57. The Kier molecular flexibility index (Phi) is 3.04. The van der Waals surface area contributed by atoms with Gasteiger partial charge in [0.05, 0.1) is 17.3 Å². The van der Waals surface area contributed by atoms with Gasteiger partial charge in [-0.2, -0.15) is 0 Å². The van der Waals surface area contributed by atoms with E-state index in [9.17, 15) is 4.79 Å². The summed E-state index contributed by atoms with van der Waals surface area (Å²) in [6, 6.07) is 1.91. The van der Waals surface area contributed by atoms with Gasteiger partial charge >= 0.3 is 0 Å². The first-order chi connectivity index (χ1) is 10.0. The lowest BCUT2D eigenvalue weighted by molar-refractivity contribution is -0.140. The van der Waals surface area contributed by atoms with Crippen LogP contribution in [0.15, 0.2) is 12.3 Å². The lowest BCUT2D eigenvalue weighted by Crippen LogP contribution is -2.51. The first-order valence-electron chi connectivity index (χ1n) is 7.98. The number of aryl methyl sites for hydroxylation is 1. The van der Waals surface area contributed by atoms with Crippen molar-refractivity contribution in [1.82, 2.24) is 4.98 Å². The molecule has 1 N–H and O–H groups in total. The quantitative estimate of drug-likeness (QED) is 0.832. The Labute approximate surface area is 130 Å². The van der Waals surface area contributed by atoms with Crippen LogP contribution in [0.25, 0.3) is 0 Å². The van der Waals surface area contributed by atoms with E-state index in [2.05, 4.69) is 10.3 Å². The van der Waals surface area contributed by atoms with Gasteiger partial charge in [-0.05, 0) is 74.8 Å². The van der Waals surface area contributed by atoms with Gasteiger partial charge in [-0.1, -0.05) is 11.6 Å². The van der Waals surface area contributed by atoms with Gasteiger partial charge in [-0.15, -0.1) is 0 Å². The van der Waals surface area contributed by atoms with Crippen LogP contribution in [-0.2, 0) is 4.79 Å². The molecule has 4 aliphatic carbocycles. The number of nitrogens with zero attached hydrogens (tertiary/aromatic N) is 1. The van der Waals surface area contributed by atoms with Gasteiger partial charge in [0, 0.05) is 0 Å². The molecule has 0 aromatic carbocycles. The lowest BCUT2D eigenvalue weighted by Gasteiger charge is -2.55. The van der Waals surface area contributed by atoms with E-state index in [-0.39, 0.29) is 11.3 Å². The first-order valence-corrected chi connectivity index (χ1v) is 8.35. The summed E-state index contributed by atoms with van der Waals surface area (Å²) >= 11 is 5.95. The molecule has 0 spiro atoms. The number of halogens is 1. The number of hydrogen-bond acceptors (Lipinski definition) is 2. The molecular formula is C17H21ClN2O. The van der Waals surface area contributed by atoms with E-state index in [0.29, 0.717) is 5.15 Å². The fourth-order valence-corrected chi connectivity index (χ4v) is 5.38. The molecule has 4 bridgehead atoms. The molecule has 21 heavy (non-hydrogen) atoms. The van der Waals surface area contributed by atoms with Crippen LogP contribution in [0.3, 0.4) is 0 Å². The van der Waals surface area contributed by atoms with Crippen LogP contribution in [0.5, 0.6) is 0 Å². The van der Waals surface area contributed by atoms with Gasteiger partial charge < -0.3 is 5.32 Å². The second-order valence-electron chi connectivity index (χ2n) is 7.48. The van der Waals surface area contributed by atoms with Gasteiger partial charge in [0.25, 0.3) is 0 Å². The number of aromatic nitrogens is 1. The Bertz CT molecular complexity index is 563. The van der Waals surface area contributed by atoms with Crippen molar-refractivity contribution < 1.29 is 4.79 Å². The maximum atomic E-state index is 12.9. The van der Waals surface area contributed by atoms with E-state index >= 15 is 0 Å². The predicted octanol–water partition coefficient (Wildman–Crippen LogP) is 4.20. The average Bonchev–Trinajstić information content (AvgIpc) is 2.41. The number of hydrogen-bond donors (Lipinski definition) is 1. The van der Waals surface area contributed by atoms with Crippen molar-refractivity contribution in [3.8, 4) is 0 Å². The van der Waals surface area contributed by atoms with Gasteiger partial charge in [0.1, 0.15) is 5.15 Å². The zero-order chi connectivity index (χ0) is 14.6. The summed E-state index contributed by atoms with van der Waals surface area (Å²) in [6.45, 7) is 1.91. The summed E-state index contributed by atoms with van der Waals surface area (Å²) in [5, 5.41) is 3.61. The number of pyridine rings is 1. The molecule has 4 aliphatic rings. The summed E-state index contributed by atoms with van der Waals surface area (Å²) in [6.07, 6.45) is 8.99. The van der Waals surface area contributed by atoms with Crippen molar-refractivity contribution in [2.75, 3.05) is 5.32 Å². The molecule has 3 nitrogen and oxygen atoms in total. The Morgan fingerprint density at radius 2 is 1.81 bits per heavy atom. The van der Waals surface area contributed by atoms with Crippen LogP contribution in [-0.4, -0.2) is 10.9 Å². The molecule has 4 fully saturated rings. The van der Waals surface area contributed by atoms with Crippen LogP contribution >= 0.6 is 11.6 Å². The van der Waals surface area contributed by atoms with Crippen molar-refractivity contribution in [1.29, 1.82) is 0 Å². The Morgan fingerprint density at radius 3 is 2.33 bits per heavy atom. The predicted molar refractivity (Wildman–Crippen MR) is 83.2 cm³/mol. The minimum Gasteiger partial charge on any atom is -0.324 e. The molecule has 5 rings (SSSR count). The fraction of sp³-hybridized carbons (Fsp3) is 0.647. The smallest absolute Gasteiger partial charge is 0.230 e. The molecule has 0 atom stereocenters. The highest BCUT2D eigenvalue weighted by atomic mass is 35.5. The number of amides is 1. The highest BCUT2D eigenvalue weighted by molar-refractivity contribution is 6.30. The van der Waals surface area contributed by atoms with E-state index in [1.807, 2.05) is 13.0 Å². The molecule has 112 valence electrons. The fourth-order valence-electron chi connectivity index (χ4n) is 5.28. The molecule has 1 aromatic rings. The molecule has 1 heterocycles. The summed E-state index contributed by atoms with van der Waals surface area (Å²) < 4.78 is 0. The number of carbonyl (C=O) groups is 1. The molecule has 1 aromatic heterocycles. The van der Waals surface area contributed by atoms with Crippen molar-refractivity contribution >= 4 is 23.2 Å². The van der Waals surface area contributed by atoms with Crippen LogP contribution in [0.4, 0.5) is 5.69 Å². The monoisotopic (exact) mass is 304 g/mol. The van der Waals surface area contributed by atoms with E-state index in [4.69, 9.17) is 11.6 Å². The van der Waals surface area contributed by atoms with Crippen LogP contribution < -0.4 is 5.32 Å². The molecule has 0 aliphatic heterocycles. The second-order valence-corrected chi connectivity index (χ2v) is 7.84. The summed E-state index contributed by atoms with van der Waals surface area (Å²) in [7, 11) is 0. The minimum absolute atomic E-state index is 0.109. The normalized spacial score (nSPS) is 36.8. The van der Waals surface area contributed by atoms with Gasteiger partial charge in [0.2, 0.25) is 5.91 Å². The second kappa shape index (κ2) is 4.70. The van der Waals surface area contributed by atoms with Crippen molar-refractivity contribution in [3.05, 3.63) is 23.0 Å². The number of anilines is 1. The van der Waals surface area contributed by atoms with Gasteiger partial charge in [-0.25, -0.2) is 4.98 Å². The zero-order valence-electron chi connectivity index (χ0n) is 12.4. The van der Waals surface area contributed by atoms with Gasteiger partial charge in [0.15, 0.2) is 0 Å². The van der Waals surface area contributed by atoms with Crippen LogP contribution in [0.1, 0.15) is 44.1 Å². The molecule has 0 saturated heterocycles. The van der Waals surface area contributed by atoms with Crippen LogP contribution in [0.2, 0.25) is 5.15 Å². The van der Waals surface area contributed by atoms with Crippen molar-refractivity contribution in [2.45, 2.75) is 45.4 Å². The maximum Gasteiger partial charge on any atom is 0.230 e. The van der Waals surface area contributed by atoms with Crippen LogP contribution in [0, 0.1) is 30.1 Å². The van der Waals surface area contributed by atoms with E-state index in [0.717, 1.165) is 48.3 Å². The third kappa shape index (κ3) is 2.26. The number of carbonyl (C=O) groups excluding carboxylic acids is 1. The molecular weight excluding hydrogens is 284 g/mol. The molecule has 0 unspecified atom stereocenters. The number of nitrogens with one attached hydrogen (secondary N) is 1. The first kappa shape index (κ1) is 13.6. The molecule has 1 amide bonds. The topological polar surface area (TPSA) is 42.0 Å². The van der Waals surface area contributed by atoms with Gasteiger partial charge in [-0.3, -0.25) is 4.79 Å². The average molecular weight is 305 g/mol. The zero-order valence-corrected chi connectivity index (χ0v) is 13.1. The third-order valence-corrected chi connectivity index (χ3v) is 6.19. The number of rotatable bonds is 2. The Morgan fingerprint density at radius 1 is 1.24 bits per heavy atom. The van der Waals surface area contributed by atoms with E-state index < -0.39 is 0 Å². The van der Waals surface area contributed by atoms with Crippen molar-refractivity contribution in [2.24, 2.45) is 23.2 Å². The largest absolute Gasteiger partial charge is 0.324 e. The molecule has 4 saturated carbocycles. The SMILES string of the molecule is Cc1cc(NC(=O)C23CC4CC(CC(C4)C2)C3)cnc1Cl. The minimum atomic E-state index is -0.109. The maximum absolute atomic E-state index is 12.9. The van der Waals surface area contributed by atoms with E-state index in [1.54, 1.807) is 6.20 Å². The Hall–Kier alpha value is -1.09.